The first kappa shape index (κ1) is 19.8. The number of carbonyl (C=O) groups excluding carboxylic acids is 1. The summed E-state index contributed by atoms with van der Waals surface area (Å²) in [6.45, 7) is 2.76. The van der Waals surface area contributed by atoms with Crippen molar-refractivity contribution in [2.24, 2.45) is 0 Å². The molecule has 0 saturated carbocycles. The van der Waals surface area contributed by atoms with Crippen LogP contribution in [0.5, 0.6) is 0 Å². The minimum Gasteiger partial charge on any atom is -0.421 e. The maximum absolute atomic E-state index is 12.5. The molecule has 1 aromatic heterocycles. The van der Waals surface area contributed by atoms with Gasteiger partial charge in [0.25, 0.3) is 0 Å². The highest BCUT2D eigenvalue weighted by Crippen LogP contribution is 2.19. The molecule has 0 radical (unpaired) electrons. The van der Waals surface area contributed by atoms with E-state index in [2.05, 4.69) is 20.4 Å². The molecule has 0 spiro atoms. The average molecular weight is 378 g/mol. The van der Waals surface area contributed by atoms with Crippen LogP contribution in [0.1, 0.15) is 29.5 Å². The summed E-state index contributed by atoms with van der Waals surface area (Å²) < 4.78 is 5.70. The van der Waals surface area contributed by atoms with Gasteiger partial charge in [-0.15, -0.1) is 10.2 Å². The Balaban J connectivity index is 1.58. The first-order chi connectivity index (χ1) is 13.5. The maximum atomic E-state index is 12.5. The number of nitrogens with one attached hydrogen (secondary N) is 1. The van der Waals surface area contributed by atoms with E-state index >= 15 is 0 Å². The van der Waals surface area contributed by atoms with Crippen molar-refractivity contribution in [2.75, 3.05) is 20.6 Å². The number of hydrogen-bond acceptors (Lipinski definition) is 5. The fraction of sp³-hybridized carbons (Fsp3) is 0.318. The van der Waals surface area contributed by atoms with Gasteiger partial charge < -0.3 is 14.6 Å². The Labute approximate surface area is 165 Å². The molecule has 0 saturated heterocycles. The minimum atomic E-state index is -0.0606. The van der Waals surface area contributed by atoms with Gasteiger partial charge in [0.05, 0.1) is 6.04 Å². The zero-order chi connectivity index (χ0) is 19.9. The van der Waals surface area contributed by atoms with Gasteiger partial charge >= 0.3 is 0 Å². The highest BCUT2D eigenvalue weighted by Gasteiger charge is 2.16. The molecule has 1 unspecified atom stereocenters. The zero-order valence-electron chi connectivity index (χ0n) is 16.6. The van der Waals surface area contributed by atoms with Crippen LogP contribution in [0.3, 0.4) is 0 Å². The van der Waals surface area contributed by atoms with Crippen LogP contribution in [0.25, 0.3) is 11.5 Å². The quantitative estimate of drug-likeness (QED) is 0.650. The Bertz CT molecular complexity index is 888. The summed E-state index contributed by atoms with van der Waals surface area (Å²) in [6.07, 6.45) is 0.709. The standard InChI is InChI=1S/C22H26N4O2/c1-16-9-11-18(12-10-16)22-25-24-21(28-22)14-13-20(27)23-19(15-26(2)3)17-7-5-4-6-8-17/h4-12,19H,13-15H2,1-3H3,(H,23,27). The molecule has 6 nitrogen and oxygen atoms in total. The van der Waals surface area contributed by atoms with Gasteiger partial charge in [0.15, 0.2) is 0 Å². The normalized spacial score (nSPS) is 12.1. The van der Waals surface area contributed by atoms with E-state index in [1.54, 1.807) is 0 Å². The minimum absolute atomic E-state index is 0.0363. The molecule has 0 aliphatic rings. The number of likely N-dealkylation sites (N-methyl/N-ethyl adjacent to an activating group) is 1. The zero-order valence-corrected chi connectivity index (χ0v) is 16.6. The Morgan fingerprint density at radius 1 is 1.07 bits per heavy atom. The molecule has 1 atom stereocenters. The van der Waals surface area contributed by atoms with Crippen LogP contribution in [0.2, 0.25) is 0 Å². The highest BCUT2D eigenvalue weighted by atomic mass is 16.4. The molecule has 3 rings (SSSR count). The molecule has 0 aliphatic carbocycles. The fourth-order valence-electron chi connectivity index (χ4n) is 2.94. The van der Waals surface area contributed by atoms with Gasteiger partial charge in [0, 0.05) is 24.9 Å². The van der Waals surface area contributed by atoms with Gasteiger partial charge in [-0.2, -0.15) is 0 Å². The summed E-state index contributed by atoms with van der Waals surface area (Å²) in [7, 11) is 3.99. The summed E-state index contributed by atoms with van der Waals surface area (Å²) in [4.78, 5) is 14.5. The summed E-state index contributed by atoms with van der Waals surface area (Å²) in [5.74, 6) is 0.908. The summed E-state index contributed by atoms with van der Waals surface area (Å²) in [6, 6.07) is 17.8. The molecular formula is C22H26N4O2. The van der Waals surface area contributed by atoms with Crippen LogP contribution in [-0.2, 0) is 11.2 Å². The van der Waals surface area contributed by atoms with E-state index in [1.807, 2.05) is 75.6 Å². The van der Waals surface area contributed by atoms with Crippen LogP contribution >= 0.6 is 0 Å². The maximum Gasteiger partial charge on any atom is 0.247 e. The summed E-state index contributed by atoms with van der Waals surface area (Å²) in [5.41, 5.74) is 3.14. The number of rotatable bonds is 8. The van der Waals surface area contributed by atoms with Crippen LogP contribution in [0, 0.1) is 6.92 Å². The number of aryl methyl sites for hydroxylation is 2. The van der Waals surface area contributed by atoms with Crippen molar-refractivity contribution in [1.29, 1.82) is 0 Å². The second-order valence-electron chi connectivity index (χ2n) is 7.16. The molecule has 0 aliphatic heterocycles. The lowest BCUT2D eigenvalue weighted by molar-refractivity contribution is -0.122. The molecule has 0 fully saturated rings. The van der Waals surface area contributed by atoms with Crippen LogP contribution in [0.15, 0.2) is 59.0 Å². The lowest BCUT2D eigenvalue weighted by Gasteiger charge is -2.22. The third-order valence-electron chi connectivity index (χ3n) is 4.42. The molecule has 3 aromatic rings. The number of carbonyl (C=O) groups is 1. The first-order valence-corrected chi connectivity index (χ1v) is 9.39. The largest absolute Gasteiger partial charge is 0.421 e. The second-order valence-corrected chi connectivity index (χ2v) is 7.16. The van der Waals surface area contributed by atoms with Crippen molar-refractivity contribution >= 4 is 5.91 Å². The van der Waals surface area contributed by atoms with Gasteiger partial charge in [-0.1, -0.05) is 48.0 Å². The molecule has 0 bridgehead atoms. The highest BCUT2D eigenvalue weighted by molar-refractivity contribution is 5.76. The van der Waals surface area contributed by atoms with Gasteiger partial charge in [0.2, 0.25) is 17.7 Å². The number of aromatic nitrogens is 2. The lowest BCUT2D eigenvalue weighted by atomic mass is 10.1. The fourth-order valence-corrected chi connectivity index (χ4v) is 2.94. The van der Waals surface area contributed by atoms with Gasteiger partial charge in [-0.25, -0.2) is 0 Å². The molecular weight excluding hydrogens is 352 g/mol. The van der Waals surface area contributed by atoms with Crippen molar-refractivity contribution in [3.05, 3.63) is 71.6 Å². The molecule has 146 valence electrons. The smallest absolute Gasteiger partial charge is 0.247 e. The van der Waals surface area contributed by atoms with Crippen molar-refractivity contribution < 1.29 is 9.21 Å². The van der Waals surface area contributed by atoms with E-state index in [9.17, 15) is 4.79 Å². The molecule has 1 amide bonds. The van der Waals surface area contributed by atoms with Crippen molar-refractivity contribution in [3.63, 3.8) is 0 Å². The Morgan fingerprint density at radius 3 is 2.46 bits per heavy atom. The van der Waals surface area contributed by atoms with Crippen molar-refractivity contribution in [2.45, 2.75) is 25.8 Å². The van der Waals surface area contributed by atoms with Crippen molar-refractivity contribution in [1.82, 2.24) is 20.4 Å². The van der Waals surface area contributed by atoms with Crippen LogP contribution in [0.4, 0.5) is 0 Å². The Morgan fingerprint density at radius 2 is 1.79 bits per heavy atom. The Kier molecular flexibility index (Phi) is 6.55. The first-order valence-electron chi connectivity index (χ1n) is 9.39. The monoisotopic (exact) mass is 378 g/mol. The third-order valence-corrected chi connectivity index (χ3v) is 4.42. The lowest BCUT2D eigenvalue weighted by Crippen LogP contribution is -2.35. The summed E-state index contributed by atoms with van der Waals surface area (Å²) in [5, 5.41) is 11.3. The van der Waals surface area contributed by atoms with Crippen LogP contribution < -0.4 is 5.32 Å². The second kappa shape index (κ2) is 9.28. The number of hydrogen-bond donors (Lipinski definition) is 1. The Hall–Kier alpha value is -2.99. The van der Waals surface area contributed by atoms with Crippen molar-refractivity contribution in [3.8, 4) is 11.5 Å². The molecule has 2 aromatic carbocycles. The van der Waals surface area contributed by atoms with E-state index in [4.69, 9.17) is 4.42 Å². The number of benzene rings is 2. The predicted molar refractivity (Wildman–Crippen MR) is 109 cm³/mol. The predicted octanol–water partition coefficient (Wildman–Crippen LogP) is 3.40. The summed E-state index contributed by atoms with van der Waals surface area (Å²) >= 11 is 0. The number of amides is 1. The SMILES string of the molecule is Cc1ccc(-c2nnc(CCC(=O)NC(CN(C)C)c3ccccc3)o2)cc1. The molecule has 28 heavy (non-hydrogen) atoms. The van der Waals surface area contributed by atoms with E-state index in [0.717, 1.165) is 17.7 Å². The van der Waals surface area contributed by atoms with E-state index in [0.29, 0.717) is 24.6 Å². The number of nitrogens with zero attached hydrogens (tertiary/aromatic N) is 3. The topological polar surface area (TPSA) is 71.3 Å². The third kappa shape index (κ3) is 5.50. The van der Waals surface area contributed by atoms with Crippen LogP contribution in [-0.4, -0.2) is 41.6 Å². The molecule has 1 heterocycles. The molecule has 1 N–H and O–H groups in total. The van der Waals surface area contributed by atoms with Gasteiger partial charge in [-0.05, 0) is 38.7 Å². The van der Waals surface area contributed by atoms with E-state index < -0.39 is 0 Å². The van der Waals surface area contributed by atoms with Gasteiger partial charge in [0.1, 0.15) is 0 Å². The van der Waals surface area contributed by atoms with E-state index in [1.165, 1.54) is 5.56 Å². The van der Waals surface area contributed by atoms with E-state index in [-0.39, 0.29) is 11.9 Å². The molecule has 6 heteroatoms. The average Bonchev–Trinajstić information content (AvgIpc) is 3.16. The van der Waals surface area contributed by atoms with Gasteiger partial charge in [-0.3, -0.25) is 4.79 Å².